The molecule has 0 bridgehead atoms. The van der Waals surface area contributed by atoms with Crippen molar-refractivity contribution in [1.29, 1.82) is 5.26 Å². The molecule has 0 aliphatic rings. The first-order chi connectivity index (χ1) is 8.52. The number of ether oxygens (including phenoxy) is 1. The van der Waals surface area contributed by atoms with E-state index >= 15 is 0 Å². The molecule has 0 atom stereocenters. The Hall–Kier alpha value is -2.06. The van der Waals surface area contributed by atoms with Gasteiger partial charge in [0.05, 0.1) is 16.4 Å². The second-order valence-electron chi connectivity index (χ2n) is 4.05. The fraction of sp³-hybridized carbons (Fsp3) is 0.231. The molecule has 5 heteroatoms. The number of hydrogen-bond acceptors (Lipinski definition) is 4. The van der Waals surface area contributed by atoms with Crippen LogP contribution in [0, 0.1) is 11.3 Å². The molecule has 2 aromatic rings. The highest BCUT2D eigenvalue weighted by Gasteiger charge is 2.16. The van der Waals surface area contributed by atoms with Gasteiger partial charge in [-0.2, -0.15) is 5.26 Å². The molecule has 92 valence electrons. The number of carboxylic acid groups (broad SMARTS) is 1. The van der Waals surface area contributed by atoms with Gasteiger partial charge in [0.1, 0.15) is 16.7 Å². The molecule has 4 nitrogen and oxygen atoms in total. The minimum atomic E-state index is -1.00. The zero-order valence-electron chi connectivity index (χ0n) is 9.93. The average molecular weight is 261 g/mol. The van der Waals surface area contributed by atoms with Crippen LogP contribution in [-0.2, 0) is 0 Å². The monoisotopic (exact) mass is 261 g/mol. The van der Waals surface area contributed by atoms with E-state index in [9.17, 15) is 4.79 Å². The first-order valence-electron chi connectivity index (χ1n) is 5.39. The molecule has 0 spiro atoms. The standard InChI is InChI=1S/C13H11NO3S/c1-7(2)17-11-4-3-9(13(15)16)10-5-8(6-14)18-12(10)11/h3-5,7H,1-2H3,(H,15,16). The van der Waals surface area contributed by atoms with Crippen LogP contribution in [0.2, 0.25) is 0 Å². The van der Waals surface area contributed by atoms with Crippen molar-refractivity contribution in [2.75, 3.05) is 0 Å². The van der Waals surface area contributed by atoms with E-state index in [1.54, 1.807) is 12.1 Å². The van der Waals surface area contributed by atoms with E-state index in [1.807, 2.05) is 19.9 Å². The van der Waals surface area contributed by atoms with Gasteiger partial charge in [-0.15, -0.1) is 11.3 Å². The van der Waals surface area contributed by atoms with Gasteiger partial charge in [0.15, 0.2) is 0 Å². The summed E-state index contributed by atoms with van der Waals surface area (Å²) < 4.78 is 6.34. The lowest BCUT2D eigenvalue weighted by molar-refractivity contribution is 0.0699. The lowest BCUT2D eigenvalue weighted by atomic mass is 10.1. The predicted octanol–water partition coefficient (Wildman–Crippen LogP) is 3.26. The minimum Gasteiger partial charge on any atom is -0.490 e. The number of fused-ring (bicyclic) bond motifs is 1. The predicted molar refractivity (Wildman–Crippen MR) is 69.3 cm³/mol. The Bertz CT molecular complexity index is 652. The zero-order chi connectivity index (χ0) is 13.3. The van der Waals surface area contributed by atoms with Crippen LogP contribution in [0.15, 0.2) is 18.2 Å². The number of hydrogen-bond donors (Lipinski definition) is 1. The summed E-state index contributed by atoms with van der Waals surface area (Å²) in [4.78, 5) is 11.6. The van der Waals surface area contributed by atoms with Crippen LogP contribution in [-0.4, -0.2) is 17.2 Å². The first kappa shape index (κ1) is 12.4. The maximum absolute atomic E-state index is 11.1. The molecule has 0 fully saturated rings. The molecule has 0 saturated carbocycles. The highest BCUT2D eigenvalue weighted by molar-refractivity contribution is 7.20. The molecule has 0 radical (unpaired) electrons. The summed E-state index contributed by atoms with van der Waals surface area (Å²) in [6.07, 6.45) is -0.00323. The molecule has 18 heavy (non-hydrogen) atoms. The van der Waals surface area contributed by atoms with E-state index < -0.39 is 5.97 Å². The van der Waals surface area contributed by atoms with Crippen molar-refractivity contribution >= 4 is 27.4 Å². The van der Waals surface area contributed by atoms with Gasteiger partial charge in [-0.05, 0) is 32.0 Å². The van der Waals surface area contributed by atoms with Gasteiger partial charge < -0.3 is 9.84 Å². The van der Waals surface area contributed by atoms with Crippen molar-refractivity contribution in [3.8, 4) is 11.8 Å². The fourth-order valence-corrected chi connectivity index (χ4v) is 2.62. The van der Waals surface area contributed by atoms with Gasteiger partial charge in [-0.1, -0.05) is 0 Å². The second-order valence-corrected chi connectivity index (χ2v) is 5.10. The molecule has 0 saturated heterocycles. The number of nitrogens with zero attached hydrogens (tertiary/aromatic N) is 1. The maximum atomic E-state index is 11.1. The summed E-state index contributed by atoms with van der Waals surface area (Å²) >= 11 is 1.25. The summed E-state index contributed by atoms with van der Waals surface area (Å²) in [6.45, 7) is 3.80. The fourth-order valence-electron chi connectivity index (χ4n) is 1.69. The van der Waals surface area contributed by atoms with Crippen molar-refractivity contribution in [3.63, 3.8) is 0 Å². The van der Waals surface area contributed by atoms with E-state index in [2.05, 4.69) is 0 Å². The zero-order valence-corrected chi connectivity index (χ0v) is 10.7. The molecule has 1 aromatic carbocycles. The van der Waals surface area contributed by atoms with Crippen molar-refractivity contribution in [3.05, 3.63) is 28.6 Å². The van der Waals surface area contributed by atoms with E-state index in [4.69, 9.17) is 15.1 Å². The van der Waals surface area contributed by atoms with Crippen molar-refractivity contribution < 1.29 is 14.6 Å². The highest BCUT2D eigenvalue weighted by atomic mass is 32.1. The summed E-state index contributed by atoms with van der Waals surface area (Å²) in [5, 5.41) is 18.6. The molecule has 1 aromatic heterocycles. The van der Waals surface area contributed by atoms with E-state index in [1.165, 1.54) is 17.4 Å². The lowest BCUT2D eigenvalue weighted by Crippen LogP contribution is -2.06. The lowest BCUT2D eigenvalue weighted by Gasteiger charge is -2.11. The van der Waals surface area contributed by atoms with Crippen molar-refractivity contribution in [1.82, 2.24) is 0 Å². The van der Waals surface area contributed by atoms with E-state index in [0.29, 0.717) is 20.7 Å². The average Bonchev–Trinajstić information content (AvgIpc) is 2.72. The van der Waals surface area contributed by atoms with Gasteiger partial charge in [0.25, 0.3) is 0 Å². The Morgan fingerprint density at radius 2 is 2.22 bits per heavy atom. The maximum Gasteiger partial charge on any atom is 0.336 e. The van der Waals surface area contributed by atoms with Gasteiger partial charge in [-0.3, -0.25) is 0 Å². The number of rotatable bonds is 3. The Kier molecular flexibility index (Phi) is 3.21. The molecule has 0 unspecified atom stereocenters. The number of benzene rings is 1. The minimum absolute atomic E-state index is 0.00323. The molecule has 0 aliphatic heterocycles. The van der Waals surface area contributed by atoms with E-state index in [0.717, 1.165) is 0 Å². The van der Waals surface area contributed by atoms with Crippen LogP contribution in [0.4, 0.5) is 0 Å². The Morgan fingerprint density at radius 1 is 1.50 bits per heavy atom. The quantitative estimate of drug-likeness (QED) is 0.920. The topological polar surface area (TPSA) is 70.3 Å². The number of aromatic carboxylic acids is 1. The SMILES string of the molecule is CC(C)Oc1ccc(C(=O)O)c2cc(C#N)sc12. The molecule has 1 heterocycles. The van der Waals surface area contributed by atoms with Crippen LogP contribution in [0.5, 0.6) is 5.75 Å². The highest BCUT2D eigenvalue weighted by Crippen LogP contribution is 2.36. The summed E-state index contributed by atoms with van der Waals surface area (Å²) in [6, 6.07) is 6.78. The van der Waals surface area contributed by atoms with Crippen LogP contribution < -0.4 is 4.74 Å². The first-order valence-corrected chi connectivity index (χ1v) is 6.21. The summed E-state index contributed by atoms with van der Waals surface area (Å²) in [5.41, 5.74) is 0.193. The number of thiophene rings is 1. The molecule has 0 aliphatic carbocycles. The third-order valence-electron chi connectivity index (χ3n) is 2.35. The van der Waals surface area contributed by atoms with Gasteiger partial charge in [-0.25, -0.2) is 4.79 Å². The van der Waals surface area contributed by atoms with Gasteiger partial charge in [0, 0.05) is 5.39 Å². The molecular formula is C13H11NO3S. The van der Waals surface area contributed by atoms with Crippen LogP contribution in [0.1, 0.15) is 29.1 Å². The summed E-state index contributed by atoms with van der Waals surface area (Å²) in [7, 11) is 0. The smallest absolute Gasteiger partial charge is 0.336 e. The molecular weight excluding hydrogens is 250 g/mol. The molecule has 2 rings (SSSR count). The largest absolute Gasteiger partial charge is 0.490 e. The third kappa shape index (κ3) is 2.15. The number of carboxylic acids is 1. The van der Waals surface area contributed by atoms with Gasteiger partial charge >= 0.3 is 5.97 Å². The molecule has 0 amide bonds. The van der Waals surface area contributed by atoms with Crippen LogP contribution in [0.3, 0.4) is 0 Å². The second kappa shape index (κ2) is 4.67. The van der Waals surface area contributed by atoms with Crippen LogP contribution in [0.25, 0.3) is 10.1 Å². The Morgan fingerprint density at radius 3 is 2.78 bits per heavy atom. The normalized spacial score (nSPS) is 10.6. The third-order valence-corrected chi connectivity index (χ3v) is 3.40. The van der Waals surface area contributed by atoms with E-state index in [-0.39, 0.29) is 11.7 Å². The molecule has 1 N–H and O–H groups in total. The van der Waals surface area contributed by atoms with Crippen molar-refractivity contribution in [2.24, 2.45) is 0 Å². The van der Waals surface area contributed by atoms with Crippen molar-refractivity contribution in [2.45, 2.75) is 20.0 Å². The summed E-state index contributed by atoms with van der Waals surface area (Å²) in [5.74, 6) is -0.380. The number of carbonyl (C=O) groups is 1. The van der Waals surface area contributed by atoms with Crippen LogP contribution >= 0.6 is 11.3 Å². The number of nitriles is 1. The van der Waals surface area contributed by atoms with Gasteiger partial charge in [0.2, 0.25) is 0 Å². The Labute approximate surface area is 108 Å². The Balaban J connectivity index is 2.70.